The lowest BCUT2D eigenvalue weighted by molar-refractivity contribution is 0.575. The molecule has 1 unspecified atom stereocenters. The molecule has 0 fully saturated rings. The van der Waals surface area contributed by atoms with Gasteiger partial charge < -0.3 is 4.57 Å². The van der Waals surface area contributed by atoms with E-state index in [1.807, 2.05) is 17.6 Å². The van der Waals surface area contributed by atoms with E-state index in [1.54, 1.807) is 18.6 Å². The number of fused-ring (bicyclic) bond motifs is 3. The zero-order chi connectivity index (χ0) is 9.71. The van der Waals surface area contributed by atoms with Crippen LogP contribution < -0.4 is 0 Å². The zero-order valence-electron chi connectivity index (χ0n) is 7.74. The van der Waals surface area contributed by atoms with Crippen LogP contribution in [0, 0.1) is 5.82 Å². The van der Waals surface area contributed by atoms with Gasteiger partial charge in [-0.25, -0.2) is 9.37 Å². The van der Waals surface area contributed by atoms with Crippen molar-refractivity contribution in [3.8, 4) is 11.3 Å². The van der Waals surface area contributed by atoms with Gasteiger partial charge in [0.15, 0.2) is 0 Å². The van der Waals surface area contributed by atoms with Crippen LogP contribution in [0.1, 0.15) is 18.5 Å². The number of hydrogen-bond acceptors (Lipinski definition) is 1. The van der Waals surface area contributed by atoms with Gasteiger partial charge in [-0.05, 0) is 13.0 Å². The molecule has 0 bridgehead atoms. The van der Waals surface area contributed by atoms with Crippen molar-refractivity contribution < 1.29 is 4.39 Å². The number of benzene rings is 1. The minimum atomic E-state index is -0.126. The third-order valence-electron chi connectivity index (χ3n) is 2.83. The molecule has 2 aromatic rings. The lowest BCUT2D eigenvalue weighted by Gasteiger charge is -2.07. The normalized spacial score (nSPS) is 18.0. The van der Waals surface area contributed by atoms with Gasteiger partial charge in [0.1, 0.15) is 5.82 Å². The summed E-state index contributed by atoms with van der Waals surface area (Å²) in [6.45, 7) is 1.99. The van der Waals surface area contributed by atoms with Crippen molar-refractivity contribution in [2.24, 2.45) is 0 Å². The Balaban J connectivity index is 2.38. The molecule has 1 aliphatic heterocycles. The van der Waals surface area contributed by atoms with Gasteiger partial charge in [-0.15, -0.1) is 0 Å². The predicted molar refractivity (Wildman–Crippen MR) is 51.4 cm³/mol. The Hall–Kier alpha value is -1.64. The molecule has 3 rings (SSSR count). The molecular weight excluding hydrogens is 179 g/mol. The van der Waals surface area contributed by atoms with Crippen LogP contribution in [0.5, 0.6) is 0 Å². The van der Waals surface area contributed by atoms with Crippen LogP contribution in [-0.4, -0.2) is 9.55 Å². The van der Waals surface area contributed by atoms with Gasteiger partial charge in [0.25, 0.3) is 0 Å². The summed E-state index contributed by atoms with van der Waals surface area (Å²) in [5, 5.41) is 0. The summed E-state index contributed by atoms with van der Waals surface area (Å²) in [7, 11) is 0. The first kappa shape index (κ1) is 7.74. The molecule has 0 amide bonds. The van der Waals surface area contributed by atoms with Crippen molar-refractivity contribution in [1.82, 2.24) is 9.55 Å². The molecule has 0 saturated heterocycles. The van der Waals surface area contributed by atoms with Gasteiger partial charge in [-0.2, -0.15) is 0 Å². The average molecular weight is 188 g/mol. The lowest BCUT2D eigenvalue weighted by atomic mass is 10.0. The molecule has 0 aliphatic carbocycles. The summed E-state index contributed by atoms with van der Waals surface area (Å²) in [6.07, 6.45) is 3.53. The maximum Gasteiger partial charge on any atom is 0.129 e. The number of imidazole rings is 1. The van der Waals surface area contributed by atoms with Gasteiger partial charge >= 0.3 is 0 Å². The fourth-order valence-corrected chi connectivity index (χ4v) is 2.15. The molecular formula is C11H9FN2. The van der Waals surface area contributed by atoms with Crippen molar-refractivity contribution in [1.29, 1.82) is 0 Å². The van der Waals surface area contributed by atoms with Gasteiger partial charge in [-0.1, -0.05) is 12.1 Å². The van der Waals surface area contributed by atoms with Crippen LogP contribution in [-0.2, 0) is 0 Å². The van der Waals surface area contributed by atoms with Crippen molar-refractivity contribution >= 4 is 0 Å². The molecule has 1 aliphatic rings. The molecule has 0 radical (unpaired) electrons. The Bertz CT molecular complexity index is 502. The van der Waals surface area contributed by atoms with Crippen LogP contribution in [0.3, 0.4) is 0 Å². The van der Waals surface area contributed by atoms with E-state index in [0.29, 0.717) is 0 Å². The van der Waals surface area contributed by atoms with Crippen LogP contribution in [0.4, 0.5) is 4.39 Å². The second kappa shape index (κ2) is 2.44. The SMILES string of the molecule is CC1c2c(F)cccc2-c2cncn21. The number of hydrogen-bond donors (Lipinski definition) is 0. The van der Waals surface area contributed by atoms with Gasteiger partial charge in [0, 0.05) is 11.1 Å². The fourth-order valence-electron chi connectivity index (χ4n) is 2.15. The second-order valence-corrected chi connectivity index (χ2v) is 3.56. The van der Waals surface area contributed by atoms with Crippen molar-refractivity contribution in [3.63, 3.8) is 0 Å². The van der Waals surface area contributed by atoms with Crippen molar-refractivity contribution in [2.45, 2.75) is 13.0 Å². The van der Waals surface area contributed by atoms with E-state index in [-0.39, 0.29) is 11.9 Å². The molecule has 1 aromatic heterocycles. The molecule has 3 heteroatoms. The van der Waals surface area contributed by atoms with Crippen LogP contribution in [0.25, 0.3) is 11.3 Å². The van der Waals surface area contributed by atoms with Crippen LogP contribution in [0.15, 0.2) is 30.7 Å². The smallest absolute Gasteiger partial charge is 0.129 e. The molecule has 0 N–H and O–H groups in total. The summed E-state index contributed by atoms with van der Waals surface area (Å²) in [5.74, 6) is -0.126. The highest BCUT2D eigenvalue weighted by Crippen LogP contribution is 2.39. The zero-order valence-corrected chi connectivity index (χ0v) is 7.74. The lowest BCUT2D eigenvalue weighted by Crippen LogP contribution is -2.00. The third-order valence-corrected chi connectivity index (χ3v) is 2.83. The molecule has 70 valence electrons. The van der Waals surface area contributed by atoms with E-state index >= 15 is 0 Å². The number of aromatic nitrogens is 2. The van der Waals surface area contributed by atoms with E-state index in [9.17, 15) is 4.39 Å². The molecule has 1 aromatic carbocycles. The number of halogens is 1. The highest BCUT2D eigenvalue weighted by molar-refractivity contribution is 5.69. The topological polar surface area (TPSA) is 17.8 Å². The first-order valence-electron chi connectivity index (χ1n) is 4.59. The van der Waals surface area contributed by atoms with Crippen LogP contribution >= 0.6 is 0 Å². The highest BCUT2D eigenvalue weighted by atomic mass is 19.1. The average Bonchev–Trinajstić information content (AvgIpc) is 2.71. The van der Waals surface area contributed by atoms with E-state index < -0.39 is 0 Å². The first-order valence-corrected chi connectivity index (χ1v) is 4.59. The Morgan fingerprint density at radius 2 is 2.29 bits per heavy atom. The van der Waals surface area contributed by atoms with Gasteiger partial charge in [-0.3, -0.25) is 0 Å². The standard InChI is InChI=1S/C11H9FN2/c1-7-11-8(3-2-4-9(11)12)10-5-13-6-14(7)10/h2-7H,1H3. The fraction of sp³-hybridized carbons (Fsp3) is 0.182. The minimum absolute atomic E-state index is 0.0590. The largest absolute Gasteiger partial charge is 0.323 e. The highest BCUT2D eigenvalue weighted by Gasteiger charge is 2.27. The van der Waals surface area contributed by atoms with E-state index in [4.69, 9.17) is 0 Å². The van der Waals surface area contributed by atoms with Gasteiger partial charge in [0.05, 0.1) is 24.3 Å². The summed E-state index contributed by atoms with van der Waals surface area (Å²) >= 11 is 0. The maximum atomic E-state index is 13.5. The predicted octanol–water partition coefficient (Wildman–Crippen LogP) is 2.61. The molecule has 14 heavy (non-hydrogen) atoms. The third kappa shape index (κ3) is 0.769. The second-order valence-electron chi connectivity index (χ2n) is 3.56. The van der Waals surface area contributed by atoms with Crippen molar-refractivity contribution in [3.05, 3.63) is 42.1 Å². The van der Waals surface area contributed by atoms with Crippen LogP contribution in [0.2, 0.25) is 0 Å². The van der Waals surface area contributed by atoms with E-state index in [2.05, 4.69) is 4.98 Å². The molecule has 0 spiro atoms. The molecule has 2 heterocycles. The molecule has 1 atom stereocenters. The maximum absolute atomic E-state index is 13.5. The van der Waals surface area contributed by atoms with Crippen molar-refractivity contribution in [2.75, 3.05) is 0 Å². The minimum Gasteiger partial charge on any atom is -0.323 e. The number of nitrogens with zero attached hydrogens (tertiary/aromatic N) is 2. The van der Waals surface area contributed by atoms with E-state index in [1.165, 1.54) is 6.07 Å². The Morgan fingerprint density at radius 1 is 1.43 bits per heavy atom. The summed E-state index contributed by atoms with van der Waals surface area (Å²) in [5.41, 5.74) is 2.76. The molecule has 2 nitrogen and oxygen atoms in total. The summed E-state index contributed by atoms with van der Waals surface area (Å²) in [4.78, 5) is 4.06. The first-order chi connectivity index (χ1) is 6.79. The quantitative estimate of drug-likeness (QED) is 0.621. The molecule has 0 saturated carbocycles. The summed E-state index contributed by atoms with van der Waals surface area (Å²) < 4.78 is 15.5. The Labute approximate surface area is 81.0 Å². The Kier molecular flexibility index (Phi) is 1.35. The Morgan fingerprint density at radius 3 is 3.14 bits per heavy atom. The summed E-state index contributed by atoms with van der Waals surface area (Å²) in [6, 6.07) is 5.25. The van der Waals surface area contributed by atoms with E-state index in [0.717, 1.165) is 16.8 Å². The number of rotatable bonds is 0. The monoisotopic (exact) mass is 188 g/mol. The van der Waals surface area contributed by atoms with Gasteiger partial charge in [0.2, 0.25) is 0 Å².